The molecule has 0 radical (unpaired) electrons. The van der Waals surface area contributed by atoms with Gasteiger partial charge in [0.15, 0.2) is 0 Å². The number of halogens is 3. The van der Waals surface area contributed by atoms with Gasteiger partial charge in [-0.05, 0) is 61.3 Å². The first-order valence-corrected chi connectivity index (χ1v) is 14.9. The van der Waals surface area contributed by atoms with Crippen LogP contribution in [-0.2, 0) is 11.3 Å². The van der Waals surface area contributed by atoms with Crippen LogP contribution in [-0.4, -0.2) is 89.2 Å². The Bertz CT molecular complexity index is 1650. The number of rotatable bonds is 7. The lowest BCUT2D eigenvalue weighted by atomic mass is 9.96. The van der Waals surface area contributed by atoms with Crippen LogP contribution in [0.4, 0.5) is 19.0 Å². The number of hydrogen-bond acceptors (Lipinski definition) is 7. The number of likely N-dealkylation sites (N-methyl/N-ethyl adjacent to an activating group) is 1. The second-order valence-corrected chi connectivity index (χ2v) is 11.5. The van der Waals surface area contributed by atoms with Gasteiger partial charge in [-0.25, -0.2) is 9.97 Å². The summed E-state index contributed by atoms with van der Waals surface area (Å²) in [7, 11) is 2.06. The zero-order valence-corrected chi connectivity index (χ0v) is 24.8. The summed E-state index contributed by atoms with van der Waals surface area (Å²) in [5, 5.41) is 3.75. The Morgan fingerprint density at radius 1 is 1.00 bits per heavy atom. The van der Waals surface area contributed by atoms with E-state index in [-0.39, 0.29) is 30.0 Å². The lowest BCUT2D eigenvalue weighted by molar-refractivity contribution is -0.274. The third-order valence-electron chi connectivity index (χ3n) is 8.35. The molecule has 2 aliphatic rings. The minimum atomic E-state index is -4.75. The van der Waals surface area contributed by atoms with E-state index in [2.05, 4.69) is 41.9 Å². The molecule has 2 saturated heterocycles. The van der Waals surface area contributed by atoms with Crippen molar-refractivity contribution < 1.29 is 27.5 Å². The van der Waals surface area contributed by atoms with Crippen molar-refractivity contribution in [2.45, 2.75) is 25.7 Å². The van der Waals surface area contributed by atoms with Crippen molar-refractivity contribution in [3.63, 3.8) is 0 Å². The van der Waals surface area contributed by atoms with E-state index in [4.69, 9.17) is 0 Å². The van der Waals surface area contributed by atoms with E-state index in [0.29, 0.717) is 29.7 Å². The monoisotopic (exact) mass is 621 g/mol. The predicted molar refractivity (Wildman–Crippen MR) is 163 cm³/mol. The normalized spacial score (nSPS) is 17.8. The minimum absolute atomic E-state index is 0.0385. The van der Waals surface area contributed by atoms with Crippen molar-refractivity contribution in [1.29, 1.82) is 0 Å². The molecule has 0 bridgehead atoms. The van der Waals surface area contributed by atoms with Gasteiger partial charge in [0.2, 0.25) is 5.91 Å². The van der Waals surface area contributed by atoms with Gasteiger partial charge in [0, 0.05) is 57.1 Å². The van der Waals surface area contributed by atoms with Gasteiger partial charge in [0.05, 0.1) is 11.3 Å². The fourth-order valence-corrected chi connectivity index (χ4v) is 5.84. The molecule has 2 aromatic carbocycles. The summed E-state index contributed by atoms with van der Waals surface area (Å²) in [6.07, 6.45) is -1.73. The van der Waals surface area contributed by atoms with E-state index < -0.39 is 6.36 Å². The van der Waals surface area contributed by atoms with E-state index >= 15 is 0 Å². The first-order valence-electron chi connectivity index (χ1n) is 14.9. The Hall–Kier alpha value is -4.65. The highest BCUT2D eigenvalue weighted by atomic mass is 19.4. The zero-order chi connectivity index (χ0) is 31.6. The largest absolute Gasteiger partial charge is 0.573 e. The number of carbonyl (C=O) groups is 2. The highest BCUT2D eigenvalue weighted by molar-refractivity contribution is 5.96. The maximum atomic E-state index is 13.1. The summed E-state index contributed by atoms with van der Waals surface area (Å²) in [6.45, 7) is 4.58. The number of ether oxygens (including phenoxy) is 1. The first kappa shape index (κ1) is 30.4. The molecule has 2 amide bonds. The fraction of sp³-hybridized carbons (Fsp3) is 0.375. The Balaban J connectivity index is 1.10. The van der Waals surface area contributed by atoms with Crippen LogP contribution in [0.25, 0.3) is 22.3 Å². The Labute approximate surface area is 258 Å². The summed E-state index contributed by atoms with van der Waals surface area (Å²) in [5.74, 6) is 0.0681. The van der Waals surface area contributed by atoms with Crippen LogP contribution in [0.15, 0.2) is 60.9 Å². The molecule has 0 unspecified atom stereocenters. The van der Waals surface area contributed by atoms with Crippen LogP contribution >= 0.6 is 0 Å². The van der Waals surface area contributed by atoms with Crippen molar-refractivity contribution in [1.82, 2.24) is 30.1 Å². The number of piperazine rings is 1. The van der Waals surface area contributed by atoms with Gasteiger partial charge in [-0.2, -0.15) is 0 Å². The van der Waals surface area contributed by atoms with Crippen LogP contribution in [0.1, 0.15) is 28.8 Å². The molecular formula is C32H34F3N7O3. The molecule has 6 rings (SSSR count). The standard InChI is InChI=1S/C32H34F3N7O3/c1-40-13-15-41(16-14-40)31(44)23-8-6-22(7-9-23)27-17-26-28(39-27)37-20-38-29(26)42-12-2-3-24(19-42)30(43)36-18-21-4-10-25(11-5-21)45-32(33,34)35/h4-11,17,20,24H,2-3,12-16,18-19H2,1H3,(H,36,43)(H,37,38,39)/t24-/m0/s1. The molecule has 1 atom stereocenters. The number of alkyl halides is 3. The number of nitrogens with one attached hydrogen (secondary N) is 2. The SMILES string of the molecule is CN1CCN(C(=O)c2ccc(-c3cc4c(N5CCC[C@H](C(=O)NCc6ccc(OC(F)(F)F)cc6)C5)ncnc4[nH]3)cc2)CC1. The number of aromatic amines is 1. The number of fused-ring (bicyclic) bond motifs is 1. The average molecular weight is 622 g/mol. The topological polar surface area (TPSA) is 107 Å². The van der Waals surface area contributed by atoms with Crippen molar-refractivity contribution in [2.75, 3.05) is 51.2 Å². The number of amides is 2. The summed E-state index contributed by atoms with van der Waals surface area (Å²) in [5.41, 5.74) is 3.77. The number of hydrogen-bond donors (Lipinski definition) is 2. The summed E-state index contributed by atoms with van der Waals surface area (Å²) in [4.78, 5) is 44.6. The van der Waals surface area contributed by atoms with Gasteiger partial charge in [-0.3, -0.25) is 9.59 Å². The Morgan fingerprint density at radius 2 is 1.73 bits per heavy atom. The Morgan fingerprint density at radius 3 is 2.44 bits per heavy atom. The first-order chi connectivity index (χ1) is 21.6. The molecular weight excluding hydrogens is 587 g/mol. The second-order valence-electron chi connectivity index (χ2n) is 11.5. The average Bonchev–Trinajstić information content (AvgIpc) is 3.48. The van der Waals surface area contributed by atoms with E-state index in [0.717, 1.165) is 61.6 Å². The lowest BCUT2D eigenvalue weighted by Gasteiger charge is -2.33. The van der Waals surface area contributed by atoms with Gasteiger partial charge >= 0.3 is 6.36 Å². The van der Waals surface area contributed by atoms with Crippen molar-refractivity contribution in [3.05, 3.63) is 72.1 Å². The summed E-state index contributed by atoms with van der Waals surface area (Å²) in [6, 6.07) is 15.0. The predicted octanol–water partition coefficient (Wildman–Crippen LogP) is 4.44. The van der Waals surface area contributed by atoms with Crippen LogP contribution in [0.2, 0.25) is 0 Å². The van der Waals surface area contributed by atoms with Gasteiger partial charge < -0.3 is 29.7 Å². The molecule has 2 aliphatic heterocycles. The molecule has 0 saturated carbocycles. The lowest BCUT2D eigenvalue weighted by Crippen LogP contribution is -2.47. The summed E-state index contributed by atoms with van der Waals surface area (Å²) >= 11 is 0. The maximum absolute atomic E-state index is 13.1. The van der Waals surface area contributed by atoms with E-state index in [9.17, 15) is 22.8 Å². The second kappa shape index (κ2) is 12.8. The van der Waals surface area contributed by atoms with Crippen molar-refractivity contribution in [3.8, 4) is 17.0 Å². The van der Waals surface area contributed by atoms with Crippen LogP contribution < -0.4 is 15.0 Å². The molecule has 2 fully saturated rings. The van der Waals surface area contributed by atoms with Gasteiger partial charge in [-0.15, -0.1) is 13.2 Å². The Kier molecular flexibility index (Phi) is 8.61. The van der Waals surface area contributed by atoms with Crippen LogP contribution in [0.5, 0.6) is 5.75 Å². The number of benzene rings is 2. The number of piperidine rings is 1. The third kappa shape index (κ3) is 7.19. The molecule has 4 heterocycles. The number of nitrogens with zero attached hydrogens (tertiary/aromatic N) is 5. The van der Waals surface area contributed by atoms with E-state index in [1.807, 2.05) is 35.2 Å². The molecule has 10 nitrogen and oxygen atoms in total. The van der Waals surface area contributed by atoms with Crippen LogP contribution in [0.3, 0.4) is 0 Å². The molecule has 45 heavy (non-hydrogen) atoms. The van der Waals surface area contributed by atoms with Gasteiger partial charge in [-0.1, -0.05) is 24.3 Å². The number of H-pyrrole nitrogens is 1. The van der Waals surface area contributed by atoms with E-state index in [1.165, 1.54) is 30.6 Å². The molecule has 236 valence electrons. The highest BCUT2D eigenvalue weighted by Gasteiger charge is 2.31. The zero-order valence-electron chi connectivity index (χ0n) is 24.8. The molecule has 0 aliphatic carbocycles. The van der Waals surface area contributed by atoms with Gasteiger partial charge in [0.1, 0.15) is 23.5 Å². The molecule has 4 aromatic rings. The molecule has 13 heteroatoms. The van der Waals surface area contributed by atoms with Crippen molar-refractivity contribution in [2.24, 2.45) is 5.92 Å². The molecule has 0 spiro atoms. The number of aromatic nitrogens is 3. The fourth-order valence-electron chi connectivity index (χ4n) is 5.84. The smallest absolute Gasteiger partial charge is 0.406 e. The minimum Gasteiger partial charge on any atom is -0.406 e. The summed E-state index contributed by atoms with van der Waals surface area (Å²) < 4.78 is 41.2. The molecule has 2 aromatic heterocycles. The third-order valence-corrected chi connectivity index (χ3v) is 8.35. The quantitative estimate of drug-likeness (QED) is 0.314. The van der Waals surface area contributed by atoms with Crippen LogP contribution in [0, 0.1) is 5.92 Å². The van der Waals surface area contributed by atoms with Gasteiger partial charge in [0.25, 0.3) is 5.91 Å². The maximum Gasteiger partial charge on any atom is 0.573 e. The van der Waals surface area contributed by atoms with Crippen molar-refractivity contribution >= 4 is 28.7 Å². The van der Waals surface area contributed by atoms with E-state index in [1.54, 1.807) is 0 Å². The molecule has 2 N–H and O–H groups in total. The number of anilines is 1. The highest BCUT2D eigenvalue weighted by Crippen LogP contribution is 2.31. The number of carbonyl (C=O) groups excluding carboxylic acids is 2.